The summed E-state index contributed by atoms with van der Waals surface area (Å²) >= 11 is 5.81. The first-order valence-electron chi connectivity index (χ1n) is 9.66. The Morgan fingerprint density at radius 1 is 1.28 bits per heavy atom. The second-order valence-electron chi connectivity index (χ2n) is 7.74. The SMILES string of the molecule is C[C@@H]1CCCC[C@@]12NC(=O)N(CC(=O)N(C)CC(=O)Nc1ccc(Cl)cc1)C2=O. The van der Waals surface area contributed by atoms with E-state index in [4.69, 9.17) is 11.6 Å². The molecule has 2 fully saturated rings. The molecule has 0 aromatic heterocycles. The molecule has 1 aliphatic heterocycles. The number of likely N-dealkylation sites (N-methyl/N-ethyl adjacent to an activating group) is 1. The molecule has 0 radical (unpaired) electrons. The molecule has 2 aliphatic rings. The summed E-state index contributed by atoms with van der Waals surface area (Å²) in [6, 6.07) is 6.05. The molecule has 1 spiro atoms. The first kappa shape index (κ1) is 21.1. The average Bonchev–Trinajstić information content (AvgIpc) is 2.91. The number of carbonyl (C=O) groups is 4. The molecule has 3 rings (SSSR count). The van der Waals surface area contributed by atoms with Crippen molar-refractivity contribution in [3.63, 3.8) is 0 Å². The molecule has 1 aliphatic carbocycles. The predicted octanol–water partition coefficient (Wildman–Crippen LogP) is 2.24. The fourth-order valence-electron chi connectivity index (χ4n) is 3.93. The lowest BCUT2D eigenvalue weighted by Crippen LogP contribution is -2.54. The highest BCUT2D eigenvalue weighted by molar-refractivity contribution is 6.30. The second kappa shape index (κ2) is 8.41. The van der Waals surface area contributed by atoms with E-state index in [9.17, 15) is 19.2 Å². The zero-order valence-corrected chi connectivity index (χ0v) is 17.3. The number of nitrogens with one attached hydrogen (secondary N) is 2. The highest BCUT2D eigenvalue weighted by Gasteiger charge is 2.55. The fourth-order valence-corrected chi connectivity index (χ4v) is 4.06. The van der Waals surface area contributed by atoms with E-state index in [1.807, 2.05) is 6.92 Å². The van der Waals surface area contributed by atoms with Crippen LogP contribution in [0, 0.1) is 5.92 Å². The lowest BCUT2D eigenvalue weighted by atomic mass is 9.73. The minimum atomic E-state index is -0.903. The van der Waals surface area contributed by atoms with Gasteiger partial charge in [-0.1, -0.05) is 31.4 Å². The van der Waals surface area contributed by atoms with Gasteiger partial charge in [0, 0.05) is 17.8 Å². The molecule has 5 amide bonds. The molecule has 9 heteroatoms. The van der Waals surface area contributed by atoms with Crippen molar-refractivity contribution in [2.75, 3.05) is 25.5 Å². The van der Waals surface area contributed by atoms with E-state index in [-0.39, 0.29) is 24.9 Å². The smallest absolute Gasteiger partial charge is 0.325 e. The van der Waals surface area contributed by atoms with Crippen molar-refractivity contribution in [1.82, 2.24) is 15.1 Å². The number of carbonyl (C=O) groups excluding carboxylic acids is 4. The van der Waals surface area contributed by atoms with Gasteiger partial charge in [0.25, 0.3) is 5.91 Å². The molecule has 2 atom stereocenters. The van der Waals surface area contributed by atoms with Crippen molar-refractivity contribution in [2.45, 2.75) is 38.1 Å². The van der Waals surface area contributed by atoms with Gasteiger partial charge >= 0.3 is 6.03 Å². The summed E-state index contributed by atoms with van der Waals surface area (Å²) in [7, 11) is 1.46. The van der Waals surface area contributed by atoms with Crippen LogP contribution >= 0.6 is 11.6 Å². The van der Waals surface area contributed by atoms with Crippen molar-refractivity contribution < 1.29 is 19.2 Å². The fraction of sp³-hybridized carbons (Fsp3) is 0.500. The van der Waals surface area contributed by atoms with E-state index in [2.05, 4.69) is 10.6 Å². The molecule has 1 heterocycles. The summed E-state index contributed by atoms with van der Waals surface area (Å²) in [5.74, 6) is -1.20. The number of amides is 5. The van der Waals surface area contributed by atoms with Gasteiger partial charge in [0.1, 0.15) is 12.1 Å². The normalized spacial score (nSPS) is 23.8. The van der Waals surface area contributed by atoms with Gasteiger partial charge in [-0.2, -0.15) is 0 Å². The van der Waals surface area contributed by atoms with E-state index in [1.54, 1.807) is 24.3 Å². The third-order valence-electron chi connectivity index (χ3n) is 5.73. The molecule has 29 heavy (non-hydrogen) atoms. The summed E-state index contributed by atoms with van der Waals surface area (Å²) in [4.78, 5) is 52.2. The van der Waals surface area contributed by atoms with Crippen LogP contribution < -0.4 is 10.6 Å². The molecule has 2 N–H and O–H groups in total. The van der Waals surface area contributed by atoms with E-state index in [1.165, 1.54) is 11.9 Å². The molecule has 0 bridgehead atoms. The first-order chi connectivity index (χ1) is 13.7. The van der Waals surface area contributed by atoms with E-state index in [0.717, 1.165) is 24.2 Å². The molecule has 156 valence electrons. The maximum Gasteiger partial charge on any atom is 0.325 e. The minimum absolute atomic E-state index is 0.0238. The Kier molecular flexibility index (Phi) is 6.12. The highest BCUT2D eigenvalue weighted by atomic mass is 35.5. The van der Waals surface area contributed by atoms with Crippen LogP contribution in [-0.2, 0) is 14.4 Å². The van der Waals surface area contributed by atoms with Crippen molar-refractivity contribution in [3.05, 3.63) is 29.3 Å². The van der Waals surface area contributed by atoms with E-state index >= 15 is 0 Å². The Morgan fingerprint density at radius 3 is 2.62 bits per heavy atom. The van der Waals surface area contributed by atoms with Gasteiger partial charge in [-0.25, -0.2) is 4.79 Å². The van der Waals surface area contributed by atoms with Crippen LogP contribution in [0.4, 0.5) is 10.5 Å². The van der Waals surface area contributed by atoms with Crippen LogP contribution in [-0.4, -0.2) is 59.2 Å². The molecular weight excluding hydrogens is 396 g/mol. The molecule has 1 aromatic carbocycles. The Labute approximate surface area is 174 Å². The molecule has 0 unspecified atom stereocenters. The summed E-state index contributed by atoms with van der Waals surface area (Å²) in [5, 5.41) is 6.03. The Bertz CT molecular complexity index is 828. The van der Waals surface area contributed by atoms with Gasteiger partial charge < -0.3 is 15.5 Å². The van der Waals surface area contributed by atoms with Crippen molar-refractivity contribution in [3.8, 4) is 0 Å². The lowest BCUT2D eigenvalue weighted by Gasteiger charge is -2.36. The first-order valence-corrected chi connectivity index (χ1v) is 10.0. The molecule has 1 saturated carbocycles. The number of hydrogen-bond donors (Lipinski definition) is 2. The van der Waals surface area contributed by atoms with Crippen molar-refractivity contribution in [1.29, 1.82) is 0 Å². The van der Waals surface area contributed by atoms with Crippen molar-refractivity contribution >= 4 is 41.0 Å². The topological polar surface area (TPSA) is 98.8 Å². The number of anilines is 1. The minimum Gasteiger partial charge on any atom is -0.335 e. The third kappa shape index (κ3) is 4.37. The number of imide groups is 1. The number of halogens is 1. The van der Waals surface area contributed by atoms with Crippen LogP contribution in [0.3, 0.4) is 0 Å². The number of rotatable bonds is 5. The van der Waals surface area contributed by atoms with Crippen LogP contribution in [0.1, 0.15) is 32.6 Å². The van der Waals surface area contributed by atoms with Gasteiger partial charge in [-0.15, -0.1) is 0 Å². The molecule has 1 aromatic rings. The van der Waals surface area contributed by atoms with Crippen LogP contribution in [0.2, 0.25) is 5.02 Å². The highest BCUT2D eigenvalue weighted by Crippen LogP contribution is 2.38. The Balaban J connectivity index is 1.57. The number of benzene rings is 1. The van der Waals surface area contributed by atoms with Gasteiger partial charge in [-0.3, -0.25) is 19.3 Å². The summed E-state index contributed by atoms with van der Waals surface area (Å²) in [6.07, 6.45) is 3.33. The number of urea groups is 1. The maximum absolute atomic E-state index is 12.9. The second-order valence-corrected chi connectivity index (χ2v) is 8.18. The lowest BCUT2D eigenvalue weighted by molar-refractivity contribution is -0.140. The third-order valence-corrected chi connectivity index (χ3v) is 5.98. The van der Waals surface area contributed by atoms with E-state index in [0.29, 0.717) is 17.1 Å². The number of hydrogen-bond acceptors (Lipinski definition) is 4. The van der Waals surface area contributed by atoms with Crippen LogP contribution in [0.25, 0.3) is 0 Å². The number of nitrogens with zero attached hydrogens (tertiary/aromatic N) is 2. The standard InChI is InChI=1S/C20H25ClN4O4/c1-13-5-3-4-10-20(13)18(28)25(19(29)23-20)12-17(27)24(2)11-16(26)22-15-8-6-14(21)7-9-15/h6-9,13H,3-5,10-12H2,1-2H3,(H,22,26)(H,23,29)/t13-,20-/m1/s1. The average molecular weight is 421 g/mol. The van der Waals surface area contributed by atoms with Gasteiger partial charge in [0.05, 0.1) is 6.54 Å². The van der Waals surface area contributed by atoms with E-state index < -0.39 is 23.4 Å². The summed E-state index contributed by atoms with van der Waals surface area (Å²) in [5.41, 5.74) is -0.345. The van der Waals surface area contributed by atoms with Gasteiger partial charge in [0.15, 0.2) is 0 Å². The van der Waals surface area contributed by atoms with Crippen molar-refractivity contribution in [2.24, 2.45) is 5.92 Å². The largest absolute Gasteiger partial charge is 0.335 e. The Morgan fingerprint density at radius 2 is 1.97 bits per heavy atom. The maximum atomic E-state index is 12.9. The molecule has 8 nitrogen and oxygen atoms in total. The van der Waals surface area contributed by atoms with Gasteiger partial charge in [-0.05, 0) is 43.0 Å². The summed E-state index contributed by atoms with van der Waals surface area (Å²) < 4.78 is 0. The monoisotopic (exact) mass is 420 g/mol. The molecule has 1 saturated heterocycles. The Hall–Kier alpha value is -2.61. The quantitative estimate of drug-likeness (QED) is 0.713. The molecular formula is C20H25ClN4O4. The van der Waals surface area contributed by atoms with Crippen LogP contribution in [0.15, 0.2) is 24.3 Å². The van der Waals surface area contributed by atoms with Crippen LogP contribution in [0.5, 0.6) is 0 Å². The summed E-state index contributed by atoms with van der Waals surface area (Å²) in [6.45, 7) is 1.37. The predicted molar refractivity (Wildman–Crippen MR) is 108 cm³/mol. The zero-order valence-electron chi connectivity index (χ0n) is 16.5. The zero-order chi connectivity index (χ0) is 21.2. The van der Waals surface area contributed by atoms with Gasteiger partial charge in [0.2, 0.25) is 11.8 Å².